The Balaban J connectivity index is 2.41. The van der Waals surface area contributed by atoms with Crippen LogP contribution in [0.3, 0.4) is 0 Å². The number of nitrogens with zero attached hydrogens (tertiary/aromatic N) is 1. The Morgan fingerprint density at radius 1 is 0.618 bits per heavy atom. The molecule has 0 aromatic heterocycles. The Labute approximate surface area is 222 Å². The number of halogens is 2. The number of nitrogens with two attached hydrogens (primary N) is 2. The van der Waals surface area contributed by atoms with E-state index in [1.54, 1.807) is 0 Å². The van der Waals surface area contributed by atoms with Gasteiger partial charge in [0.15, 0.2) is 0 Å². The SMILES string of the molecule is CC(C)c1cccc(C(C)C)c1C(N)C[N](CC(N)c1c(C(C)C)cccc1C(C)C)[Pt]([Cl])[Cl]. The molecule has 2 rings (SSSR count). The van der Waals surface area contributed by atoms with Crippen molar-refractivity contribution in [2.75, 3.05) is 13.1 Å². The second-order valence-corrected chi connectivity index (χ2v) is 17.7. The second kappa shape index (κ2) is 13.2. The molecular weight excluding hydrogens is 644 g/mol. The van der Waals surface area contributed by atoms with E-state index in [1.807, 2.05) is 0 Å². The summed E-state index contributed by atoms with van der Waals surface area (Å²) in [6.45, 7) is 19.0. The number of hydrogen-bond donors (Lipinski definition) is 2. The van der Waals surface area contributed by atoms with Gasteiger partial charge in [0.05, 0.1) is 0 Å². The van der Waals surface area contributed by atoms with E-state index >= 15 is 0 Å². The first-order valence-electron chi connectivity index (χ1n) is 12.3. The van der Waals surface area contributed by atoms with Crippen LogP contribution >= 0.6 is 18.8 Å². The Hall–Kier alpha value is -0.412. The number of rotatable bonds is 11. The second-order valence-electron chi connectivity index (χ2n) is 10.5. The first-order chi connectivity index (χ1) is 15.9. The van der Waals surface area contributed by atoms with Gasteiger partial charge in [0.1, 0.15) is 0 Å². The van der Waals surface area contributed by atoms with E-state index in [2.05, 4.69) is 95.2 Å². The van der Waals surface area contributed by atoms with Crippen molar-refractivity contribution in [3.8, 4) is 0 Å². The van der Waals surface area contributed by atoms with E-state index in [4.69, 9.17) is 30.3 Å². The Bertz CT molecular complexity index is 804. The molecule has 0 saturated heterocycles. The molecule has 4 N–H and O–H groups in total. The van der Waals surface area contributed by atoms with Crippen LogP contribution in [-0.2, 0) is 15.5 Å². The van der Waals surface area contributed by atoms with Crippen molar-refractivity contribution in [3.63, 3.8) is 0 Å². The number of benzene rings is 2. The van der Waals surface area contributed by atoms with E-state index in [1.165, 1.54) is 33.4 Å². The molecular formula is C28H44Cl2N3Pt. The summed E-state index contributed by atoms with van der Waals surface area (Å²) in [6.07, 6.45) is 0. The van der Waals surface area contributed by atoms with Crippen LogP contribution in [0.4, 0.5) is 0 Å². The van der Waals surface area contributed by atoms with Crippen molar-refractivity contribution < 1.29 is 15.5 Å². The van der Waals surface area contributed by atoms with Crippen LogP contribution in [0.15, 0.2) is 36.4 Å². The number of hydrogen-bond acceptors (Lipinski definition) is 3. The summed E-state index contributed by atoms with van der Waals surface area (Å²) in [5.41, 5.74) is 21.5. The minimum absolute atomic E-state index is 0.175. The first kappa shape index (κ1) is 29.8. The van der Waals surface area contributed by atoms with E-state index < -0.39 is 15.5 Å². The van der Waals surface area contributed by atoms with Crippen LogP contribution < -0.4 is 11.5 Å². The third-order valence-electron chi connectivity index (χ3n) is 6.50. The van der Waals surface area contributed by atoms with E-state index in [-0.39, 0.29) is 12.1 Å². The third kappa shape index (κ3) is 7.31. The van der Waals surface area contributed by atoms with Gasteiger partial charge in [-0.2, -0.15) is 0 Å². The van der Waals surface area contributed by atoms with Gasteiger partial charge in [-0.1, -0.05) is 0 Å². The van der Waals surface area contributed by atoms with Gasteiger partial charge >= 0.3 is 223 Å². The molecule has 195 valence electrons. The van der Waals surface area contributed by atoms with Gasteiger partial charge in [-0.3, -0.25) is 0 Å². The van der Waals surface area contributed by atoms with E-state index in [0.29, 0.717) is 36.8 Å². The summed E-state index contributed by atoms with van der Waals surface area (Å²) >= 11 is -2.39. The predicted octanol–water partition coefficient (Wildman–Crippen LogP) is 8.02. The van der Waals surface area contributed by atoms with Gasteiger partial charge < -0.3 is 0 Å². The molecule has 2 unspecified atom stereocenters. The molecule has 0 saturated carbocycles. The van der Waals surface area contributed by atoms with Crippen molar-refractivity contribution in [1.29, 1.82) is 0 Å². The molecule has 0 radical (unpaired) electrons. The zero-order valence-corrected chi connectivity index (χ0v) is 25.8. The van der Waals surface area contributed by atoms with Gasteiger partial charge in [0.2, 0.25) is 0 Å². The van der Waals surface area contributed by atoms with Crippen molar-refractivity contribution in [3.05, 3.63) is 69.8 Å². The predicted molar refractivity (Wildman–Crippen MR) is 146 cm³/mol. The summed E-state index contributed by atoms with van der Waals surface area (Å²) in [5.74, 6) is 1.57. The first-order valence-corrected chi connectivity index (χ1v) is 19.0. The van der Waals surface area contributed by atoms with Crippen LogP contribution in [0.25, 0.3) is 0 Å². The molecule has 2 aromatic carbocycles. The molecule has 0 spiro atoms. The van der Waals surface area contributed by atoms with Gasteiger partial charge in [-0.15, -0.1) is 0 Å². The summed E-state index contributed by atoms with van der Waals surface area (Å²) in [4.78, 5) is 0. The maximum atomic E-state index is 6.91. The van der Waals surface area contributed by atoms with Crippen molar-refractivity contribution in [1.82, 2.24) is 3.46 Å². The molecule has 0 aliphatic rings. The molecule has 6 heteroatoms. The molecule has 0 fully saturated rings. The summed E-state index contributed by atoms with van der Waals surface area (Å²) < 4.78 is 2.17. The quantitative estimate of drug-likeness (QED) is 0.252. The standard InChI is InChI=1S/C28H44N3.2ClH.Pt/c1-17(2)21-11-9-12-22(18(3)4)27(21)25(29)15-31-16-26(30)28-23(19(5)6)13-10-14-24(28)20(7)8;;;/h9-14,17-20,25-26H,15-16,29-30H2,1-8H3;2*1H;/q-1;;;+3/p-2. The molecule has 2 aromatic rings. The summed E-state index contributed by atoms with van der Waals surface area (Å²) in [7, 11) is 13.3. The van der Waals surface area contributed by atoms with Gasteiger partial charge in [-0.05, 0) is 0 Å². The van der Waals surface area contributed by atoms with Crippen molar-refractivity contribution >= 4 is 18.8 Å². The summed E-state index contributed by atoms with van der Waals surface area (Å²) in [6, 6.07) is 12.7. The molecule has 3 nitrogen and oxygen atoms in total. The van der Waals surface area contributed by atoms with Crippen molar-refractivity contribution in [2.45, 2.75) is 91.1 Å². The normalized spacial score (nSPS) is 14.6. The molecule has 34 heavy (non-hydrogen) atoms. The van der Waals surface area contributed by atoms with Gasteiger partial charge in [0.25, 0.3) is 0 Å². The fourth-order valence-corrected chi connectivity index (χ4v) is 7.77. The average molecular weight is 689 g/mol. The topological polar surface area (TPSA) is 55.3 Å². The average Bonchev–Trinajstić information content (AvgIpc) is 2.76. The molecule has 0 aliphatic carbocycles. The van der Waals surface area contributed by atoms with E-state index in [0.717, 1.165) is 0 Å². The van der Waals surface area contributed by atoms with Crippen LogP contribution in [0.5, 0.6) is 0 Å². The fraction of sp³-hybridized carbons (Fsp3) is 0.571. The summed E-state index contributed by atoms with van der Waals surface area (Å²) in [5, 5.41) is 0. The van der Waals surface area contributed by atoms with Crippen molar-refractivity contribution in [2.24, 2.45) is 11.5 Å². The van der Waals surface area contributed by atoms with E-state index in [9.17, 15) is 0 Å². The maximum absolute atomic E-state index is 6.91. The van der Waals surface area contributed by atoms with Gasteiger partial charge in [0, 0.05) is 0 Å². The van der Waals surface area contributed by atoms with Crippen LogP contribution in [-0.4, -0.2) is 16.5 Å². The Kier molecular flexibility index (Phi) is 11.6. The Morgan fingerprint density at radius 2 is 0.882 bits per heavy atom. The zero-order chi connectivity index (χ0) is 25.7. The molecule has 0 aliphatic heterocycles. The fourth-order valence-electron chi connectivity index (χ4n) is 4.82. The van der Waals surface area contributed by atoms with Crippen LogP contribution in [0, 0.1) is 0 Å². The monoisotopic (exact) mass is 687 g/mol. The molecule has 2 atom stereocenters. The molecule has 0 heterocycles. The minimum atomic E-state index is -2.39. The van der Waals surface area contributed by atoms with Crippen LogP contribution in [0.1, 0.15) is 125 Å². The third-order valence-corrected chi connectivity index (χ3v) is 10.9. The molecule has 0 amide bonds. The zero-order valence-electron chi connectivity index (χ0n) is 22.0. The van der Waals surface area contributed by atoms with Gasteiger partial charge in [-0.25, -0.2) is 0 Å². The Morgan fingerprint density at radius 3 is 1.09 bits per heavy atom. The van der Waals surface area contributed by atoms with Crippen LogP contribution in [0.2, 0.25) is 0 Å². The molecule has 0 bridgehead atoms.